The topological polar surface area (TPSA) is 66.8 Å². The third-order valence-electron chi connectivity index (χ3n) is 4.05. The van der Waals surface area contributed by atoms with E-state index in [1.165, 1.54) is 0 Å². The van der Waals surface area contributed by atoms with Gasteiger partial charge in [-0.25, -0.2) is 0 Å². The second kappa shape index (κ2) is 10.6. The summed E-state index contributed by atoms with van der Waals surface area (Å²) >= 11 is 0. The summed E-state index contributed by atoms with van der Waals surface area (Å²) in [6.45, 7) is 4.00. The Bertz CT molecular complexity index is 373. The summed E-state index contributed by atoms with van der Waals surface area (Å²) in [5, 5.41) is 19.3. The maximum absolute atomic E-state index is 11.2. The fourth-order valence-electron chi connectivity index (χ4n) is 2.85. The van der Waals surface area contributed by atoms with Crippen LogP contribution in [-0.4, -0.2) is 35.0 Å². The van der Waals surface area contributed by atoms with Crippen LogP contribution < -0.4 is 0 Å². The summed E-state index contributed by atoms with van der Waals surface area (Å²) in [6, 6.07) is 0. The molecule has 0 aromatic heterocycles. The van der Waals surface area contributed by atoms with Gasteiger partial charge >= 0.3 is 5.97 Å². The van der Waals surface area contributed by atoms with Crippen molar-refractivity contribution in [2.45, 2.75) is 64.6 Å². The van der Waals surface area contributed by atoms with Crippen molar-refractivity contribution in [1.29, 1.82) is 0 Å². The van der Waals surface area contributed by atoms with E-state index < -0.39 is 6.10 Å². The SMILES string of the molecule is CCOC(=O)CCCCCCC1C(O)C=CC1C=CC(C)O. The molecule has 2 N–H and O–H groups in total. The van der Waals surface area contributed by atoms with Crippen LogP contribution in [0.25, 0.3) is 0 Å². The molecule has 1 aliphatic carbocycles. The van der Waals surface area contributed by atoms with Crippen LogP contribution in [-0.2, 0) is 9.53 Å². The Labute approximate surface area is 133 Å². The lowest BCUT2D eigenvalue weighted by Crippen LogP contribution is -2.19. The van der Waals surface area contributed by atoms with Gasteiger partial charge in [0.25, 0.3) is 0 Å². The van der Waals surface area contributed by atoms with E-state index in [0.717, 1.165) is 32.1 Å². The zero-order valence-corrected chi connectivity index (χ0v) is 13.8. The Kier molecular flexibility index (Phi) is 9.09. The Balaban J connectivity index is 2.18. The fraction of sp³-hybridized carbons (Fsp3) is 0.722. The molecule has 0 amide bonds. The van der Waals surface area contributed by atoms with Gasteiger partial charge in [-0.2, -0.15) is 0 Å². The van der Waals surface area contributed by atoms with E-state index in [-0.39, 0.29) is 23.9 Å². The van der Waals surface area contributed by atoms with Gasteiger partial charge in [0.15, 0.2) is 0 Å². The molecule has 1 rings (SSSR count). The first-order valence-electron chi connectivity index (χ1n) is 8.43. The molecule has 126 valence electrons. The van der Waals surface area contributed by atoms with Crippen molar-refractivity contribution in [3.05, 3.63) is 24.3 Å². The highest BCUT2D eigenvalue weighted by Gasteiger charge is 2.27. The number of unbranched alkanes of at least 4 members (excludes halogenated alkanes) is 3. The van der Waals surface area contributed by atoms with Crippen LogP contribution in [0.2, 0.25) is 0 Å². The van der Waals surface area contributed by atoms with Gasteiger partial charge in [0.2, 0.25) is 0 Å². The number of allylic oxidation sites excluding steroid dienone is 2. The van der Waals surface area contributed by atoms with E-state index in [1.54, 1.807) is 13.0 Å². The smallest absolute Gasteiger partial charge is 0.305 e. The summed E-state index contributed by atoms with van der Waals surface area (Å²) < 4.78 is 4.90. The number of hydrogen-bond donors (Lipinski definition) is 2. The lowest BCUT2D eigenvalue weighted by Gasteiger charge is -2.20. The van der Waals surface area contributed by atoms with Gasteiger partial charge in [-0.3, -0.25) is 4.79 Å². The van der Waals surface area contributed by atoms with Gasteiger partial charge < -0.3 is 14.9 Å². The molecule has 0 radical (unpaired) electrons. The third kappa shape index (κ3) is 7.23. The number of ether oxygens (including phenoxy) is 1. The second-order valence-corrected chi connectivity index (χ2v) is 6.00. The molecule has 0 aromatic rings. The van der Waals surface area contributed by atoms with Crippen LogP contribution in [0.4, 0.5) is 0 Å². The zero-order chi connectivity index (χ0) is 16.4. The number of aliphatic hydroxyl groups is 2. The van der Waals surface area contributed by atoms with Gasteiger partial charge in [0.1, 0.15) is 0 Å². The van der Waals surface area contributed by atoms with Crippen LogP contribution in [0.5, 0.6) is 0 Å². The number of carbonyl (C=O) groups excluding carboxylic acids is 1. The minimum absolute atomic E-state index is 0.110. The predicted octanol–water partition coefficient (Wildman–Crippen LogP) is 2.99. The van der Waals surface area contributed by atoms with Crippen molar-refractivity contribution in [1.82, 2.24) is 0 Å². The Morgan fingerprint density at radius 3 is 2.68 bits per heavy atom. The van der Waals surface area contributed by atoms with Crippen molar-refractivity contribution in [3.63, 3.8) is 0 Å². The average Bonchev–Trinajstić information content (AvgIpc) is 2.81. The highest BCUT2D eigenvalue weighted by molar-refractivity contribution is 5.69. The highest BCUT2D eigenvalue weighted by Crippen LogP contribution is 2.31. The molecule has 4 atom stereocenters. The minimum Gasteiger partial charge on any atom is -0.466 e. The molecular weight excluding hydrogens is 280 g/mol. The van der Waals surface area contributed by atoms with E-state index in [1.807, 2.05) is 25.2 Å². The molecule has 0 bridgehead atoms. The molecule has 0 fully saturated rings. The Morgan fingerprint density at radius 2 is 2.00 bits per heavy atom. The van der Waals surface area contributed by atoms with E-state index in [0.29, 0.717) is 13.0 Å². The van der Waals surface area contributed by atoms with E-state index in [9.17, 15) is 15.0 Å². The maximum atomic E-state index is 11.2. The monoisotopic (exact) mass is 310 g/mol. The lowest BCUT2D eigenvalue weighted by molar-refractivity contribution is -0.143. The van der Waals surface area contributed by atoms with E-state index in [2.05, 4.69) is 0 Å². The fourth-order valence-corrected chi connectivity index (χ4v) is 2.85. The molecule has 0 aliphatic heterocycles. The average molecular weight is 310 g/mol. The summed E-state index contributed by atoms with van der Waals surface area (Å²) in [5.74, 6) is 0.311. The molecule has 0 heterocycles. The van der Waals surface area contributed by atoms with Gasteiger partial charge in [-0.1, -0.05) is 43.6 Å². The van der Waals surface area contributed by atoms with Crippen molar-refractivity contribution in [2.75, 3.05) is 6.61 Å². The molecule has 0 aromatic carbocycles. The molecule has 4 heteroatoms. The first-order valence-corrected chi connectivity index (χ1v) is 8.43. The van der Waals surface area contributed by atoms with Crippen molar-refractivity contribution in [3.8, 4) is 0 Å². The van der Waals surface area contributed by atoms with Crippen LogP contribution in [0, 0.1) is 11.8 Å². The number of hydrogen-bond acceptors (Lipinski definition) is 4. The molecule has 0 spiro atoms. The molecule has 1 aliphatic rings. The molecule has 0 saturated heterocycles. The van der Waals surface area contributed by atoms with Gasteiger partial charge in [0.05, 0.1) is 18.8 Å². The highest BCUT2D eigenvalue weighted by atomic mass is 16.5. The van der Waals surface area contributed by atoms with E-state index in [4.69, 9.17) is 4.74 Å². The number of carbonyl (C=O) groups is 1. The summed E-state index contributed by atoms with van der Waals surface area (Å²) in [7, 11) is 0. The second-order valence-electron chi connectivity index (χ2n) is 6.00. The van der Waals surface area contributed by atoms with Gasteiger partial charge in [-0.05, 0) is 32.6 Å². The van der Waals surface area contributed by atoms with Crippen LogP contribution >= 0.6 is 0 Å². The summed E-state index contributed by atoms with van der Waals surface area (Å²) in [5.41, 5.74) is 0. The minimum atomic E-state index is -0.449. The molecule has 4 unspecified atom stereocenters. The van der Waals surface area contributed by atoms with Crippen LogP contribution in [0.3, 0.4) is 0 Å². The number of aliphatic hydroxyl groups excluding tert-OH is 2. The van der Waals surface area contributed by atoms with Crippen molar-refractivity contribution < 1.29 is 19.7 Å². The van der Waals surface area contributed by atoms with Crippen LogP contribution in [0.15, 0.2) is 24.3 Å². The molecular formula is C18H30O4. The third-order valence-corrected chi connectivity index (χ3v) is 4.05. The van der Waals surface area contributed by atoms with Crippen LogP contribution in [0.1, 0.15) is 52.4 Å². The van der Waals surface area contributed by atoms with Crippen molar-refractivity contribution >= 4 is 5.97 Å². The quantitative estimate of drug-likeness (QED) is 0.370. The molecule has 0 saturated carbocycles. The first kappa shape index (κ1) is 18.9. The van der Waals surface area contributed by atoms with E-state index >= 15 is 0 Å². The molecule has 22 heavy (non-hydrogen) atoms. The molecule has 4 nitrogen and oxygen atoms in total. The number of esters is 1. The lowest BCUT2D eigenvalue weighted by atomic mass is 9.88. The summed E-state index contributed by atoms with van der Waals surface area (Å²) in [4.78, 5) is 11.2. The predicted molar refractivity (Wildman–Crippen MR) is 87.3 cm³/mol. The largest absolute Gasteiger partial charge is 0.466 e. The Morgan fingerprint density at radius 1 is 1.27 bits per heavy atom. The Hall–Kier alpha value is -1.13. The maximum Gasteiger partial charge on any atom is 0.305 e. The van der Waals surface area contributed by atoms with Gasteiger partial charge in [0, 0.05) is 12.3 Å². The van der Waals surface area contributed by atoms with Crippen molar-refractivity contribution in [2.24, 2.45) is 11.8 Å². The summed E-state index contributed by atoms with van der Waals surface area (Å²) in [6.07, 6.45) is 12.3. The number of rotatable bonds is 10. The standard InChI is InChI=1S/C18H30O4/c1-3-22-18(21)9-7-5-4-6-8-16-15(11-10-14(2)19)12-13-17(16)20/h10-17,19-20H,3-9H2,1-2H3. The zero-order valence-electron chi connectivity index (χ0n) is 13.8. The van der Waals surface area contributed by atoms with Gasteiger partial charge in [-0.15, -0.1) is 0 Å². The first-order chi connectivity index (χ1) is 10.5. The normalized spacial score (nSPS) is 25.7.